The Hall–Kier alpha value is -1.12. The number of benzene rings is 2. The van der Waals surface area contributed by atoms with Gasteiger partial charge in [0.25, 0.3) is 0 Å². The molecule has 0 atom stereocenters. The summed E-state index contributed by atoms with van der Waals surface area (Å²) in [7, 11) is 0. The van der Waals surface area contributed by atoms with E-state index in [2.05, 4.69) is 75.8 Å². The Morgan fingerprint density at radius 1 is 0.947 bits per heavy atom. The average Bonchev–Trinajstić information content (AvgIpc) is 2.40. The summed E-state index contributed by atoms with van der Waals surface area (Å²) >= 11 is 3.48. The average molecular weight is 316 g/mol. The molecule has 0 saturated heterocycles. The molecule has 1 N–H and O–H groups in total. The predicted molar refractivity (Wildman–Crippen MR) is 83.2 cm³/mol. The van der Waals surface area contributed by atoms with Gasteiger partial charge in [0, 0.05) is 17.1 Å². The van der Waals surface area contributed by atoms with Crippen LogP contribution < -0.4 is 5.32 Å². The van der Waals surface area contributed by atoms with E-state index in [1.807, 2.05) is 0 Å². The molecule has 0 heterocycles. The van der Waals surface area contributed by atoms with Crippen molar-refractivity contribution in [2.24, 2.45) is 0 Å². The molecule has 2 heteroatoms. The molecule has 98 valence electrons. The molecule has 0 radical (unpaired) electrons. The molecule has 0 spiro atoms. The summed E-state index contributed by atoms with van der Waals surface area (Å²) in [4.78, 5) is 0. The lowest BCUT2D eigenvalue weighted by atomic mass is 9.76. The Bertz CT molecular complexity index is 515. The quantitative estimate of drug-likeness (QED) is 0.876. The van der Waals surface area contributed by atoms with Crippen molar-refractivity contribution in [2.45, 2.75) is 31.3 Å². The number of hydrogen-bond acceptors (Lipinski definition) is 1. The van der Waals surface area contributed by atoms with Gasteiger partial charge in [-0.3, -0.25) is 0 Å². The topological polar surface area (TPSA) is 12.0 Å². The Kier molecular flexibility index (Phi) is 4.00. The van der Waals surface area contributed by atoms with E-state index >= 15 is 0 Å². The van der Waals surface area contributed by atoms with Gasteiger partial charge in [-0.05, 0) is 42.0 Å². The number of halogens is 1. The summed E-state index contributed by atoms with van der Waals surface area (Å²) in [5.41, 5.74) is 2.84. The van der Waals surface area contributed by atoms with Crippen LogP contribution in [0.1, 0.15) is 29.9 Å². The maximum absolute atomic E-state index is 3.64. The largest absolute Gasteiger partial charge is 0.310 e. The molecular formula is C17H18BrN. The minimum Gasteiger partial charge on any atom is -0.310 e. The Balaban J connectivity index is 1.47. The second kappa shape index (κ2) is 5.89. The van der Waals surface area contributed by atoms with Crippen LogP contribution in [0.5, 0.6) is 0 Å². The van der Waals surface area contributed by atoms with Crippen LogP contribution in [0, 0.1) is 0 Å². The van der Waals surface area contributed by atoms with Crippen LogP contribution in [-0.2, 0) is 6.54 Å². The maximum Gasteiger partial charge on any atom is 0.0208 e. The first-order chi connectivity index (χ1) is 9.31. The third-order valence-electron chi connectivity index (χ3n) is 3.92. The monoisotopic (exact) mass is 315 g/mol. The summed E-state index contributed by atoms with van der Waals surface area (Å²) in [6.07, 6.45) is 2.52. The van der Waals surface area contributed by atoms with Crippen LogP contribution >= 0.6 is 15.9 Å². The highest BCUT2D eigenvalue weighted by Gasteiger charge is 2.29. The zero-order valence-electron chi connectivity index (χ0n) is 10.9. The molecule has 1 fully saturated rings. The standard InChI is InChI=1S/C17H18BrN/c18-16-8-6-14(7-9-16)15-10-17(11-15)19-12-13-4-2-1-3-5-13/h1-9,15,17,19H,10-12H2. The molecule has 1 aliphatic carbocycles. The lowest BCUT2D eigenvalue weighted by Gasteiger charge is -2.36. The minimum absolute atomic E-state index is 0.675. The van der Waals surface area contributed by atoms with E-state index in [1.54, 1.807) is 0 Å². The van der Waals surface area contributed by atoms with E-state index < -0.39 is 0 Å². The smallest absolute Gasteiger partial charge is 0.0208 e. The van der Waals surface area contributed by atoms with Crippen molar-refractivity contribution in [1.29, 1.82) is 0 Å². The third kappa shape index (κ3) is 3.26. The Labute approximate surface area is 123 Å². The molecule has 1 nitrogen and oxygen atoms in total. The lowest BCUT2D eigenvalue weighted by Crippen LogP contribution is -2.39. The zero-order valence-corrected chi connectivity index (χ0v) is 12.4. The highest BCUT2D eigenvalue weighted by atomic mass is 79.9. The van der Waals surface area contributed by atoms with E-state index in [-0.39, 0.29) is 0 Å². The molecule has 19 heavy (non-hydrogen) atoms. The third-order valence-corrected chi connectivity index (χ3v) is 4.45. The molecule has 0 aliphatic heterocycles. The molecular weight excluding hydrogens is 298 g/mol. The van der Waals surface area contributed by atoms with Crippen molar-refractivity contribution >= 4 is 15.9 Å². The normalized spacial score (nSPS) is 21.9. The first kappa shape index (κ1) is 12.9. The van der Waals surface area contributed by atoms with Crippen LogP contribution in [0.3, 0.4) is 0 Å². The molecule has 2 aromatic carbocycles. The van der Waals surface area contributed by atoms with E-state index in [0.717, 1.165) is 16.9 Å². The molecule has 0 amide bonds. The molecule has 0 unspecified atom stereocenters. The van der Waals surface area contributed by atoms with Crippen molar-refractivity contribution in [3.8, 4) is 0 Å². The fourth-order valence-corrected chi connectivity index (χ4v) is 2.91. The number of rotatable bonds is 4. The highest BCUT2D eigenvalue weighted by Crippen LogP contribution is 2.37. The summed E-state index contributed by atoms with van der Waals surface area (Å²) in [5, 5.41) is 3.64. The second-order valence-electron chi connectivity index (χ2n) is 5.28. The Morgan fingerprint density at radius 2 is 1.63 bits per heavy atom. The van der Waals surface area contributed by atoms with Gasteiger partial charge in [0.15, 0.2) is 0 Å². The summed E-state index contributed by atoms with van der Waals surface area (Å²) in [6.45, 7) is 0.985. The van der Waals surface area contributed by atoms with Crippen molar-refractivity contribution in [1.82, 2.24) is 5.32 Å². The van der Waals surface area contributed by atoms with Crippen LogP contribution in [0.2, 0.25) is 0 Å². The van der Waals surface area contributed by atoms with Crippen LogP contribution in [-0.4, -0.2) is 6.04 Å². The van der Waals surface area contributed by atoms with E-state index in [4.69, 9.17) is 0 Å². The molecule has 3 rings (SSSR count). The summed E-state index contributed by atoms with van der Waals surface area (Å²) in [6, 6.07) is 20.1. The number of nitrogens with one attached hydrogen (secondary N) is 1. The lowest BCUT2D eigenvalue weighted by molar-refractivity contribution is 0.289. The molecule has 1 aliphatic rings. The fraction of sp³-hybridized carbons (Fsp3) is 0.294. The minimum atomic E-state index is 0.675. The van der Waals surface area contributed by atoms with Gasteiger partial charge >= 0.3 is 0 Å². The van der Waals surface area contributed by atoms with Crippen molar-refractivity contribution in [2.75, 3.05) is 0 Å². The van der Waals surface area contributed by atoms with E-state index in [9.17, 15) is 0 Å². The summed E-state index contributed by atoms with van der Waals surface area (Å²) in [5.74, 6) is 0.737. The van der Waals surface area contributed by atoms with E-state index in [1.165, 1.54) is 24.0 Å². The second-order valence-corrected chi connectivity index (χ2v) is 6.20. The first-order valence-corrected chi connectivity index (χ1v) is 7.63. The zero-order chi connectivity index (χ0) is 13.1. The van der Waals surface area contributed by atoms with Gasteiger partial charge in [0.05, 0.1) is 0 Å². The SMILES string of the molecule is Brc1ccc(C2CC(NCc3ccccc3)C2)cc1. The molecule has 2 aromatic rings. The van der Waals surface area contributed by atoms with Crippen LogP contribution in [0.25, 0.3) is 0 Å². The van der Waals surface area contributed by atoms with Gasteiger partial charge in [-0.1, -0.05) is 58.4 Å². The molecule has 0 aromatic heterocycles. The maximum atomic E-state index is 3.64. The number of hydrogen-bond donors (Lipinski definition) is 1. The van der Waals surface area contributed by atoms with Gasteiger partial charge < -0.3 is 5.32 Å². The Morgan fingerprint density at radius 3 is 2.32 bits per heavy atom. The molecule has 0 bridgehead atoms. The van der Waals surface area contributed by atoms with Crippen molar-refractivity contribution in [3.63, 3.8) is 0 Å². The van der Waals surface area contributed by atoms with E-state index in [0.29, 0.717) is 6.04 Å². The fourth-order valence-electron chi connectivity index (χ4n) is 2.65. The first-order valence-electron chi connectivity index (χ1n) is 6.84. The van der Waals surface area contributed by atoms with Crippen LogP contribution in [0.4, 0.5) is 0 Å². The summed E-state index contributed by atoms with van der Waals surface area (Å²) < 4.78 is 1.16. The predicted octanol–water partition coefficient (Wildman–Crippen LogP) is 4.48. The van der Waals surface area contributed by atoms with Crippen molar-refractivity contribution in [3.05, 3.63) is 70.2 Å². The van der Waals surface area contributed by atoms with Gasteiger partial charge in [-0.15, -0.1) is 0 Å². The van der Waals surface area contributed by atoms with Gasteiger partial charge in [-0.25, -0.2) is 0 Å². The van der Waals surface area contributed by atoms with Gasteiger partial charge in [0.2, 0.25) is 0 Å². The van der Waals surface area contributed by atoms with Crippen molar-refractivity contribution < 1.29 is 0 Å². The van der Waals surface area contributed by atoms with Gasteiger partial charge in [0.1, 0.15) is 0 Å². The van der Waals surface area contributed by atoms with Gasteiger partial charge in [-0.2, -0.15) is 0 Å². The highest BCUT2D eigenvalue weighted by molar-refractivity contribution is 9.10. The van der Waals surface area contributed by atoms with Crippen LogP contribution in [0.15, 0.2) is 59.1 Å². The molecule has 1 saturated carbocycles.